The summed E-state index contributed by atoms with van der Waals surface area (Å²) in [6.07, 6.45) is 1.25. The summed E-state index contributed by atoms with van der Waals surface area (Å²) in [5.41, 5.74) is 1.13. The fourth-order valence-electron chi connectivity index (χ4n) is 2.52. The molecule has 2 rings (SSSR count). The van der Waals surface area contributed by atoms with Gasteiger partial charge < -0.3 is 10.2 Å². The largest absolute Gasteiger partial charge is 0.373 e. The Balaban J connectivity index is 2.47. The van der Waals surface area contributed by atoms with Gasteiger partial charge in [-0.3, -0.25) is 0 Å². The molecular weight excluding hydrogens is 236 g/mol. The van der Waals surface area contributed by atoms with Gasteiger partial charge in [0.2, 0.25) is 0 Å². The molecule has 0 radical (unpaired) electrons. The molecule has 0 spiro atoms. The number of nitrogens with one attached hydrogen (secondary N) is 1. The topological polar surface area (TPSA) is 41.1 Å². The first kappa shape index (κ1) is 14.1. The first-order chi connectivity index (χ1) is 8.82. The number of nitrogens with zero attached hydrogens (tertiary/aromatic N) is 3. The Morgan fingerprint density at radius 3 is 2.42 bits per heavy atom. The molecule has 1 aromatic rings. The summed E-state index contributed by atoms with van der Waals surface area (Å²) in [5, 5.41) is 3.21. The molecule has 1 aliphatic rings. The first-order valence-electron chi connectivity index (χ1n) is 7.14. The van der Waals surface area contributed by atoms with Gasteiger partial charge in [0.1, 0.15) is 17.5 Å². The van der Waals surface area contributed by atoms with E-state index in [2.05, 4.69) is 49.8 Å². The van der Waals surface area contributed by atoms with Crippen molar-refractivity contribution in [1.29, 1.82) is 0 Å². The van der Waals surface area contributed by atoms with Gasteiger partial charge in [0, 0.05) is 31.1 Å². The maximum absolute atomic E-state index is 4.84. The Labute approximate surface area is 116 Å². The second kappa shape index (κ2) is 4.99. The van der Waals surface area contributed by atoms with E-state index in [0.717, 1.165) is 42.0 Å². The van der Waals surface area contributed by atoms with Crippen LogP contribution in [-0.2, 0) is 5.41 Å². The van der Waals surface area contributed by atoms with Crippen molar-refractivity contribution in [3.05, 3.63) is 11.4 Å². The van der Waals surface area contributed by atoms with Crippen LogP contribution in [-0.4, -0.2) is 30.1 Å². The van der Waals surface area contributed by atoms with Gasteiger partial charge in [-0.2, -0.15) is 0 Å². The van der Waals surface area contributed by atoms with Gasteiger partial charge in [-0.05, 0) is 19.3 Å². The highest BCUT2D eigenvalue weighted by Gasteiger charge is 2.26. The van der Waals surface area contributed by atoms with Crippen LogP contribution in [0.15, 0.2) is 0 Å². The lowest BCUT2D eigenvalue weighted by Crippen LogP contribution is -2.25. The van der Waals surface area contributed by atoms with E-state index in [0.29, 0.717) is 0 Å². The SMILES string of the molecule is CNc1nc(C(C)(C)C)nc(N2CCC(C)C2)c1C. The molecule has 0 saturated carbocycles. The monoisotopic (exact) mass is 262 g/mol. The van der Waals surface area contributed by atoms with Gasteiger partial charge in [0.25, 0.3) is 0 Å². The van der Waals surface area contributed by atoms with Gasteiger partial charge >= 0.3 is 0 Å². The highest BCUT2D eigenvalue weighted by molar-refractivity contribution is 5.59. The van der Waals surface area contributed by atoms with Crippen LogP contribution in [0.3, 0.4) is 0 Å². The van der Waals surface area contributed by atoms with Gasteiger partial charge in [-0.15, -0.1) is 0 Å². The molecule has 4 nitrogen and oxygen atoms in total. The molecule has 1 aromatic heterocycles. The van der Waals surface area contributed by atoms with E-state index in [9.17, 15) is 0 Å². The Morgan fingerprint density at radius 2 is 1.95 bits per heavy atom. The normalized spacial score (nSPS) is 19.9. The third kappa shape index (κ3) is 2.82. The molecule has 1 saturated heterocycles. The molecule has 106 valence electrons. The van der Waals surface area contributed by atoms with E-state index in [1.165, 1.54) is 6.42 Å². The zero-order chi connectivity index (χ0) is 14.2. The summed E-state index contributed by atoms with van der Waals surface area (Å²) in [4.78, 5) is 11.9. The quantitative estimate of drug-likeness (QED) is 0.889. The van der Waals surface area contributed by atoms with Crippen molar-refractivity contribution in [1.82, 2.24) is 9.97 Å². The minimum absolute atomic E-state index is 0.0284. The zero-order valence-electron chi connectivity index (χ0n) is 13.0. The average Bonchev–Trinajstić information content (AvgIpc) is 2.74. The lowest BCUT2D eigenvalue weighted by molar-refractivity contribution is 0.544. The predicted octanol–water partition coefficient (Wildman–Crippen LogP) is 2.97. The van der Waals surface area contributed by atoms with Gasteiger partial charge in [-0.1, -0.05) is 27.7 Å². The van der Waals surface area contributed by atoms with Crippen molar-refractivity contribution in [2.45, 2.75) is 46.5 Å². The highest BCUT2D eigenvalue weighted by atomic mass is 15.2. The van der Waals surface area contributed by atoms with Gasteiger partial charge in [0.15, 0.2) is 0 Å². The van der Waals surface area contributed by atoms with Crippen molar-refractivity contribution in [2.24, 2.45) is 5.92 Å². The summed E-state index contributed by atoms with van der Waals surface area (Å²) < 4.78 is 0. The molecule has 1 atom stereocenters. The fraction of sp³-hybridized carbons (Fsp3) is 0.733. The van der Waals surface area contributed by atoms with Crippen LogP contribution in [0.25, 0.3) is 0 Å². The predicted molar refractivity (Wildman–Crippen MR) is 81.0 cm³/mol. The minimum atomic E-state index is -0.0284. The molecule has 1 N–H and O–H groups in total. The average molecular weight is 262 g/mol. The zero-order valence-corrected chi connectivity index (χ0v) is 13.0. The van der Waals surface area contributed by atoms with Crippen LogP contribution in [0.1, 0.15) is 45.5 Å². The molecule has 1 aliphatic heterocycles. The molecule has 0 aromatic carbocycles. The summed E-state index contributed by atoms with van der Waals surface area (Å²) in [6, 6.07) is 0. The maximum atomic E-state index is 4.84. The molecule has 1 fully saturated rings. The third-order valence-electron chi connectivity index (χ3n) is 3.75. The Bertz CT molecular complexity index is 462. The van der Waals surface area contributed by atoms with Crippen LogP contribution < -0.4 is 10.2 Å². The van der Waals surface area contributed by atoms with Crippen LogP contribution in [0.4, 0.5) is 11.6 Å². The second-order valence-electron chi connectivity index (χ2n) is 6.68. The summed E-state index contributed by atoms with van der Waals surface area (Å²) in [6.45, 7) is 13.1. The number of hydrogen-bond donors (Lipinski definition) is 1. The van der Waals surface area contributed by atoms with Crippen LogP contribution >= 0.6 is 0 Å². The van der Waals surface area contributed by atoms with Crippen molar-refractivity contribution < 1.29 is 0 Å². The third-order valence-corrected chi connectivity index (χ3v) is 3.75. The van der Waals surface area contributed by atoms with Crippen LogP contribution in [0.5, 0.6) is 0 Å². The maximum Gasteiger partial charge on any atom is 0.138 e. The van der Waals surface area contributed by atoms with Gasteiger partial charge in [0.05, 0.1) is 0 Å². The smallest absolute Gasteiger partial charge is 0.138 e. The van der Waals surface area contributed by atoms with Crippen molar-refractivity contribution in [2.75, 3.05) is 30.4 Å². The molecule has 19 heavy (non-hydrogen) atoms. The van der Waals surface area contributed by atoms with E-state index in [1.54, 1.807) is 0 Å². The number of aromatic nitrogens is 2. The lowest BCUT2D eigenvalue weighted by atomic mass is 9.95. The van der Waals surface area contributed by atoms with Gasteiger partial charge in [-0.25, -0.2) is 9.97 Å². The molecule has 0 aliphatic carbocycles. The molecule has 2 heterocycles. The number of rotatable bonds is 2. The molecule has 4 heteroatoms. The van der Waals surface area contributed by atoms with E-state index in [1.807, 2.05) is 7.05 Å². The molecule has 0 amide bonds. The van der Waals surface area contributed by atoms with Crippen LogP contribution in [0.2, 0.25) is 0 Å². The number of anilines is 2. The van der Waals surface area contributed by atoms with E-state index in [4.69, 9.17) is 4.98 Å². The summed E-state index contributed by atoms with van der Waals surface area (Å²) in [7, 11) is 1.93. The first-order valence-corrected chi connectivity index (χ1v) is 7.14. The van der Waals surface area contributed by atoms with E-state index < -0.39 is 0 Å². The van der Waals surface area contributed by atoms with E-state index in [-0.39, 0.29) is 5.41 Å². The Kier molecular flexibility index (Phi) is 3.70. The molecule has 1 unspecified atom stereocenters. The minimum Gasteiger partial charge on any atom is -0.373 e. The second-order valence-corrected chi connectivity index (χ2v) is 6.68. The van der Waals surface area contributed by atoms with Crippen molar-refractivity contribution in [3.63, 3.8) is 0 Å². The van der Waals surface area contributed by atoms with E-state index >= 15 is 0 Å². The standard InChI is InChI=1S/C15H26N4/c1-10-7-8-19(9-10)13-11(2)12(16-6)17-14(18-13)15(3,4)5/h10H,7-9H2,1-6H3,(H,16,17,18). The van der Waals surface area contributed by atoms with Crippen molar-refractivity contribution >= 4 is 11.6 Å². The van der Waals surface area contributed by atoms with Crippen LogP contribution in [0, 0.1) is 12.8 Å². The Hall–Kier alpha value is -1.32. The lowest BCUT2D eigenvalue weighted by Gasteiger charge is -2.25. The highest BCUT2D eigenvalue weighted by Crippen LogP contribution is 2.31. The number of hydrogen-bond acceptors (Lipinski definition) is 4. The molecular formula is C15H26N4. The summed E-state index contributed by atoms with van der Waals surface area (Å²) in [5.74, 6) is 3.73. The Morgan fingerprint density at radius 1 is 1.26 bits per heavy atom. The van der Waals surface area contributed by atoms with Crippen molar-refractivity contribution in [3.8, 4) is 0 Å². The molecule has 0 bridgehead atoms. The fourth-order valence-corrected chi connectivity index (χ4v) is 2.52. The summed E-state index contributed by atoms with van der Waals surface area (Å²) >= 11 is 0.